The number of carbonyl (C=O) groups excluding carboxylic acids is 2. The van der Waals surface area contributed by atoms with Crippen LogP contribution in [-0.2, 0) is 16.0 Å². The molecule has 1 saturated heterocycles. The zero-order valence-electron chi connectivity index (χ0n) is 20.9. The quantitative estimate of drug-likeness (QED) is 0.331. The second kappa shape index (κ2) is 10.5. The van der Waals surface area contributed by atoms with Crippen molar-refractivity contribution in [1.29, 1.82) is 0 Å². The number of amides is 1. The van der Waals surface area contributed by atoms with Crippen molar-refractivity contribution in [3.05, 3.63) is 64.7 Å². The Morgan fingerprint density at radius 1 is 1.14 bits per heavy atom. The summed E-state index contributed by atoms with van der Waals surface area (Å²) < 4.78 is 11.5. The Bertz CT molecular complexity index is 1140. The first kappa shape index (κ1) is 24.8. The number of hydrogen-bond acceptors (Lipinski definition) is 6. The summed E-state index contributed by atoms with van der Waals surface area (Å²) in [5.74, 6) is 0.0168. The van der Waals surface area contributed by atoms with Gasteiger partial charge in [0.2, 0.25) is 0 Å². The minimum Gasteiger partial charge on any atom is -0.507 e. The van der Waals surface area contributed by atoms with Gasteiger partial charge < -0.3 is 24.4 Å². The molecule has 7 heteroatoms. The van der Waals surface area contributed by atoms with Crippen LogP contribution in [0.3, 0.4) is 0 Å². The van der Waals surface area contributed by atoms with Gasteiger partial charge in [-0.3, -0.25) is 9.59 Å². The van der Waals surface area contributed by atoms with Crippen LogP contribution in [0.25, 0.3) is 5.76 Å². The fourth-order valence-corrected chi connectivity index (χ4v) is 4.91. The lowest BCUT2D eigenvalue weighted by Gasteiger charge is -2.28. The van der Waals surface area contributed by atoms with Crippen LogP contribution in [0.4, 0.5) is 0 Å². The number of aliphatic hydroxyl groups is 1. The average molecular weight is 479 g/mol. The molecule has 0 saturated carbocycles. The first-order chi connectivity index (χ1) is 16.9. The second-order valence-electron chi connectivity index (χ2n) is 8.98. The standard InChI is InChI=1S/C28H34N2O5/c1-5-29(6-2)13-14-30-25(19-9-8-10-22(17-19)34-7-3)24(27(32)28(30)33)26(31)20-11-12-23-21(16-20)15-18(4)35-23/h8-12,16-18,25,31H,5-7,13-15H2,1-4H3/b26-24+/t18-,25+/m0/s1. The van der Waals surface area contributed by atoms with E-state index in [1.54, 1.807) is 11.0 Å². The van der Waals surface area contributed by atoms with Crippen molar-refractivity contribution in [2.45, 2.75) is 46.3 Å². The van der Waals surface area contributed by atoms with Crippen LogP contribution in [0.2, 0.25) is 0 Å². The van der Waals surface area contributed by atoms with Gasteiger partial charge >= 0.3 is 0 Å². The molecule has 7 nitrogen and oxygen atoms in total. The lowest BCUT2D eigenvalue weighted by molar-refractivity contribution is -0.140. The van der Waals surface area contributed by atoms with Gasteiger partial charge in [-0.2, -0.15) is 0 Å². The molecule has 0 aromatic heterocycles. The van der Waals surface area contributed by atoms with E-state index < -0.39 is 17.7 Å². The summed E-state index contributed by atoms with van der Waals surface area (Å²) in [5.41, 5.74) is 2.32. The third kappa shape index (κ3) is 4.91. The van der Waals surface area contributed by atoms with Crippen molar-refractivity contribution in [2.75, 3.05) is 32.8 Å². The molecule has 2 aromatic rings. The van der Waals surface area contributed by atoms with E-state index in [0.29, 0.717) is 31.0 Å². The van der Waals surface area contributed by atoms with Gasteiger partial charge in [-0.25, -0.2) is 0 Å². The average Bonchev–Trinajstić information content (AvgIpc) is 3.35. The number of fused-ring (bicyclic) bond motifs is 1. The Kier molecular flexibility index (Phi) is 7.45. The summed E-state index contributed by atoms with van der Waals surface area (Å²) in [4.78, 5) is 30.3. The van der Waals surface area contributed by atoms with Gasteiger partial charge in [-0.05, 0) is 68.4 Å². The Morgan fingerprint density at radius 2 is 1.91 bits per heavy atom. The molecule has 186 valence electrons. The molecule has 2 aliphatic heterocycles. The van der Waals surface area contributed by atoms with Crippen molar-refractivity contribution in [2.24, 2.45) is 0 Å². The number of likely N-dealkylation sites (tertiary alicyclic amines) is 1. The van der Waals surface area contributed by atoms with Gasteiger partial charge in [0.1, 0.15) is 23.4 Å². The molecule has 0 radical (unpaired) electrons. The summed E-state index contributed by atoms with van der Waals surface area (Å²) in [5, 5.41) is 11.4. The van der Waals surface area contributed by atoms with Crippen LogP contribution in [0.5, 0.6) is 11.5 Å². The van der Waals surface area contributed by atoms with E-state index in [0.717, 1.165) is 36.4 Å². The summed E-state index contributed by atoms with van der Waals surface area (Å²) in [7, 11) is 0. The van der Waals surface area contributed by atoms with Crippen molar-refractivity contribution in [3.8, 4) is 11.5 Å². The molecule has 0 aliphatic carbocycles. The van der Waals surface area contributed by atoms with Gasteiger partial charge in [0.15, 0.2) is 0 Å². The molecule has 1 N–H and O–H groups in total. The molecule has 2 heterocycles. The first-order valence-electron chi connectivity index (χ1n) is 12.4. The van der Waals surface area contributed by atoms with E-state index in [1.807, 2.05) is 50.2 Å². The number of nitrogens with zero attached hydrogens (tertiary/aromatic N) is 2. The molecule has 2 atom stereocenters. The molecule has 2 aromatic carbocycles. The highest BCUT2D eigenvalue weighted by Gasteiger charge is 2.46. The number of ether oxygens (including phenoxy) is 2. The summed E-state index contributed by atoms with van der Waals surface area (Å²) in [6.07, 6.45) is 0.795. The van der Waals surface area contributed by atoms with Gasteiger partial charge in [0, 0.05) is 25.1 Å². The predicted octanol–water partition coefficient (Wildman–Crippen LogP) is 4.17. The third-order valence-electron chi connectivity index (χ3n) is 6.75. The van der Waals surface area contributed by atoms with Crippen molar-refractivity contribution in [1.82, 2.24) is 9.80 Å². The highest BCUT2D eigenvalue weighted by Crippen LogP contribution is 2.41. The Balaban J connectivity index is 1.79. The highest BCUT2D eigenvalue weighted by atomic mass is 16.5. The van der Waals surface area contributed by atoms with E-state index in [4.69, 9.17) is 9.47 Å². The number of aliphatic hydroxyl groups excluding tert-OH is 1. The van der Waals surface area contributed by atoms with Gasteiger partial charge in [0.25, 0.3) is 11.7 Å². The summed E-state index contributed by atoms with van der Waals surface area (Å²) >= 11 is 0. The maximum Gasteiger partial charge on any atom is 0.295 e. The predicted molar refractivity (Wildman–Crippen MR) is 135 cm³/mol. The number of likely N-dealkylation sites (N-methyl/N-ethyl adjacent to an activating group) is 1. The highest BCUT2D eigenvalue weighted by molar-refractivity contribution is 6.46. The minimum absolute atomic E-state index is 0.0642. The van der Waals surface area contributed by atoms with Crippen LogP contribution in [0, 0.1) is 0 Å². The maximum atomic E-state index is 13.3. The fraction of sp³-hybridized carbons (Fsp3) is 0.429. The van der Waals surface area contributed by atoms with Gasteiger partial charge in [-0.15, -0.1) is 0 Å². The van der Waals surface area contributed by atoms with Crippen LogP contribution < -0.4 is 9.47 Å². The molecule has 2 aliphatic rings. The number of carbonyl (C=O) groups is 2. The smallest absolute Gasteiger partial charge is 0.295 e. The van der Waals surface area contributed by atoms with E-state index >= 15 is 0 Å². The van der Waals surface area contributed by atoms with Gasteiger partial charge in [0.05, 0.1) is 18.2 Å². The largest absolute Gasteiger partial charge is 0.507 e. The first-order valence-corrected chi connectivity index (χ1v) is 12.4. The van der Waals surface area contributed by atoms with Crippen LogP contribution in [0.15, 0.2) is 48.0 Å². The van der Waals surface area contributed by atoms with Crippen molar-refractivity contribution in [3.63, 3.8) is 0 Å². The minimum atomic E-state index is -0.700. The molecule has 1 amide bonds. The summed E-state index contributed by atoms with van der Waals surface area (Å²) in [6.45, 7) is 11.2. The van der Waals surface area contributed by atoms with Crippen LogP contribution in [0.1, 0.15) is 50.4 Å². The third-order valence-corrected chi connectivity index (χ3v) is 6.75. The zero-order valence-corrected chi connectivity index (χ0v) is 20.9. The SMILES string of the molecule is CCOc1cccc([C@@H]2/C(=C(\O)c3ccc4c(c3)C[C@H](C)O4)C(=O)C(=O)N2CCN(CC)CC)c1. The number of Topliss-reactive ketones (excluding diaryl/α,β-unsaturated/α-hetero) is 1. The number of hydrogen-bond donors (Lipinski definition) is 1. The lowest BCUT2D eigenvalue weighted by Crippen LogP contribution is -2.38. The topological polar surface area (TPSA) is 79.3 Å². The normalized spacial score (nSPS) is 20.9. The molecule has 0 unspecified atom stereocenters. The molecule has 35 heavy (non-hydrogen) atoms. The zero-order chi connectivity index (χ0) is 25.1. The molecule has 0 bridgehead atoms. The molecule has 1 fully saturated rings. The van der Waals surface area contributed by atoms with E-state index in [-0.39, 0.29) is 17.4 Å². The van der Waals surface area contributed by atoms with E-state index in [2.05, 4.69) is 18.7 Å². The fourth-order valence-electron chi connectivity index (χ4n) is 4.91. The Morgan fingerprint density at radius 3 is 2.63 bits per heavy atom. The molecule has 0 spiro atoms. The Labute approximate surface area is 206 Å². The lowest BCUT2D eigenvalue weighted by atomic mass is 9.94. The molecular weight excluding hydrogens is 444 g/mol. The van der Waals surface area contributed by atoms with E-state index in [1.165, 1.54) is 0 Å². The van der Waals surface area contributed by atoms with Crippen LogP contribution >= 0.6 is 0 Å². The second-order valence-corrected chi connectivity index (χ2v) is 8.98. The van der Waals surface area contributed by atoms with Crippen molar-refractivity contribution >= 4 is 17.4 Å². The van der Waals surface area contributed by atoms with E-state index in [9.17, 15) is 14.7 Å². The van der Waals surface area contributed by atoms with Gasteiger partial charge in [-0.1, -0.05) is 26.0 Å². The molecule has 4 rings (SSSR count). The Hall–Kier alpha value is -3.32. The maximum absolute atomic E-state index is 13.3. The molecular formula is C28H34N2O5. The van der Waals surface area contributed by atoms with Crippen molar-refractivity contribution < 1.29 is 24.2 Å². The monoisotopic (exact) mass is 478 g/mol. The number of ketones is 1. The summed E-state index contributed by atoms with van der Waals surface area (Å²) in [6, 6.07) is 12.1. The number of rotatable bonds is 9. The number of benzene rings is 2. The van der Waals surface area contributed by atoms with Crippen LogP contribution in [-0.4, -0.2) is 65.5 Å².